The van der Waals surface area contributed by atoms with Gasteiger partial charge in [-0.2, -0.15) is 0 Å². The van der Waals surface area contributed by atoms with Crippen LogP contribution in [0.25, 0.3) is 0 Å². The molecular weight excluding hydrogens is 334 g/mol. The van der Waals surface area contributed by atoms with Crippen molar-refractivity contribution >= 4 is 28.8 Å². The van der Waals surface area contributed by atoms with E-state index in [0.29, 0.717) is 13.1 Å². The van der Waals surface area contributed by atoms with E-state index in [4.69, 9.17) is 0 Å². The molecule has 1 aromatic carbocycles. The van der Waals surface area contributed by atoms with E-state index in [-0.39, 0.29) is 30.2 Å². The Bertz CT molecular complexity index is 716. The molecule has 5 nitrogen and oxygen atoms in total. The summed E-state index contributed by atoms with van der Waals surface area (Å²) in [7, 11) is 4.01. The highest BCUT2D eigenvalue weighted by Gasteiger charge is 2.35. The van der Waals surface area contributed by atoms with Crippen molar-refractivity contribution in [1.82, 2.24) is 10.2 Å². The number of hydrogen-bond donors (Lipinski definition) is 1. The number of rotatable bonds is 6. The van der Waals surface area contributed by atoms with Crippen molar-refractivity contribution in [3.05, 3.63) is 52.7 Å². The second-order valence-corrected chi connectivity index (χ2v) is 7.46. The molecule has 1 saturated heterocycles. The van der Waals surface area contributed by atoms with Gasteiger partial charge in [0.1, 0.15) is 0 Å². The third-order valence-electron chi connectivity index (χ3n) is 4.53. The molecule has 3 rings (SSSR count). The van der Waals surface area contributed by atoms with Gasteiger partial charge in [-0.3, -0.25) is 9.59 Å². The van der Waals surface area contributed by atoms with Crippen LogP contribution in [0, 0.1) is 5.92 Å². The Hall–Kier alpha value is -2.18. The van der Waals surface area contributed by atoms with Crippen LogP contribution >= 0.6 is 11.3 Å². The Morgan fingerprint density at radius 2 is 2.04 bits per heavy atom. The highest BCUT2D eigenvalue weighted by molar-refractivity contribution is 7.10. The third kappa shape index (κ3) is 4.08. The molecule has 1 aromatic heterocycles. The normalized spacial score (nSPS) is 18.6. The van der Waals surface area contributed by atoms with E-state index < -0.39 is 0 Å². The molecule has 132 valence electrons. The zero-order valence-electron chi connectivity index (χ0n) is 14.5. The average molecular weight is 357 g/mol. The number of anilines is 1. The van der Waals surface area contributed by atoms with Gasteiger partial charge in [0.15, 0.2) is 0 Å². The molecule has 0 radical (unpaired) electrons. The van der Waals surface area contributed by atoms with Gasteiger partial charge in [0.05, 0.1) is 12.0 Å². The first kappa shape index (κ1) is 17.6. The number of benzene rings is 1. The van der Waals surface area contributed by atoms with Crippen LogP contribution in [0.3, 0.4) is 0 Å². The highest BCUT2D eigenvalue weighted by Crippen LogP contribution is 2.26. The van der Waals surface area contributed by atoms with Crippen LogP contribution in [0.5, 0.6) is 0 Å². The van der Waals surface area contributed by atoms with Crippen molar-refractivity contribution in [3.63, 3.8) is 0 Å². The first-order valence-electron chi connectivity index (χ1n) is 8.39. The summed E-state index contributed by atoms with van der Waals surface area (Å²) in [5, 5.41) is 5.08. The predicted octanol–water partition coefficient (Wildman–Crippen LogP) is 2.52. The van der Waals surface area contributed by atoms with Gasteiger partial charge in [-0.1, -0.05) is 24.3 Å². The van der Waals surface area contributed by atoms with Crippen LogP contribution in [0.1, 0.15) is 17.3 Å². The van der Waals surface area contributed by atoms with E-state index in [1.54, 1.807) is 16.2 Å². The predicted molar refractivity (Wildman–Crippen MR) is 101 cm³/mol. The number of carbonyl (C=O) groups is 2. The number of thiophene rings is 1. The maximum Gasteiger partial charge on any atom is 0.227 e. The molecule has 1 aliphatic heterocycles. The van der Waals surface area contributed by atoms with Crippen LogP contribution in [-0.2, 0) is 9.59 Å². The zero-order chi connectivity index (χ0) is 17.8. The van der Waals surface area contributed by atoms with Crippen molar-refractivity contribution in [1.29, 1.82) is 0 Å². The summed E-state index contributed by atoms with van der Waals surface area (Å²) in [6.07, 6.45) is 0.270. The van der Waals surface area contributed by atoms with E-state index in [2.05, 4.69) is 16.3 Å². The van der Waals surface area contributed by atoms with Crippen molar-refractivity contribution < 1.29 is 9.59 Å². The van der Waals surface area contributed by atoms with E-state index in [9.17, 15) is 9.59 Å². The Kier molecular flexibility index (Phi) is 5.50. The number of para-hydroxylation sites is 1. The first-order valence-corrected chi connectivity index (χ1v) is 9.27. The number of amides is 2. The molecule has 1 N–H and O–H groups in total. The fraction of sp³-hybridized carbons (Fsp3) is 0.368. The fourth-order valence-corrected chi connectivity index (χ4v) is 4.02. The number of nitrogens with one attached hydrogen (secondary N) is 1. The second-order valence-electron chi connectivity index (χ2n) is 6.48. The molecule has 2 atom stereocenters. The maximum absolute atomic E-state index is 12.6. The second kappa shape index (κ2) is 7.80. The molecule has 2 heterocycles. The molecule has 0 spiro atoms. The van der Waals surface area contributed by atoms with Gasteiger partial charge in [-0.15, -0.1) is 11.3 Å². The molecule has 2 aromatic rings. The van der Waals surface area contributed by atoms with Gasteiger partial charge < -0.3 is 15.1 Å². The average Bonchev–Trinajstić information content (AvgIpc) is 3.25. The van der Waals surface area contributed by atoms with Gasteiger partial charge in [0, 0.05) is 30.1 Å². The number of likely N-dealkylation sites (N-methyl/N-ethyl adjacent to an activating group) is 1. The highest BCUT2D eigenvalue weighted by atomic mass is 32.1. The summed E-state index contributed by atoms with van der Waals surface area (Å²) >= 11 is 1.69. The summed E-state index contributed by atoms with van der Waals surface area (Å²) in [6, 6.07) is 13.8. The lowest BCUT2D eigenvalue weighted by molar-refractivity contribution is -0.126. The Labute approximate surface area is 152 Å². The van der Waals surface area contributed by atoms with Crippen LogP contribution in [-0.4, -0.2) is 43.9 Å². The van der Waals surface area contributed by atoms with Crippen LogP contribution in [0.2, 0.25) is 0 Å². The molecule has 0 saturated carbocycles. The van der Waals surface area contributed by atoms with E-state index >= 15 is 0 Å². The Morgan fingerprint density at radius 3 is 2.68 bits per heavy atom. The molecule has 0 bridgehead atoms. The molecule has 2 amide bonds. The third-order valence-corrected chi connectivity index (χ3v) is 5.50. The monoisotopic (exact) mass is 357 g/mol. The van der Waals surface area contributed by atoms with Gasteiger partial charge in [0.25, 0.3) is 0 Å². The number of hydrogen-bond acceptors (Lipinski definition) is 4. The van der Waals surface area contributed by atoms with Gasteiger partial charge in [-0.05, 0) is 37.7 Å². The summed E-state index contributed by atoms with van der Waals surface area (Å²) in [6.45, 7) is 0.989. The van der Waals surface area contributed by atoms with Crippen LogP contribution < -0.4 is 10.2 Å². The van der Waals surface area contributed by atoms with Crippen LogP contribution in [0.15, 0.2) is 47.8 Å². The summed E-state index contributed by atoms with van der Waals surface area (Å²) in [4.78, 5) is 29.8. The van der Waals surface area contributed by atoms with E-state index in [1.165, 1.54) is 4.88 Å². The molecule has 0 aliphatic carbocycles. The first-order chi connectivity index (χ1) is 12.1. The lowest BCUT2D eigenvalue weighted by Crippen LogP contribution is -2.38. The van der Waals surface area contributed by atoms with Crippen molar-refractivity contribution in [3.8, 4) is 0 Å². The number of carbonyl (C=O) groups excluding carboxylic acids is 2. The molecule has 1 aliphatic rings. The maximum atomic E-state index is 12.6. The quantitative estimate of drug-likeness (QED) is 0.864. The summed E-state index contributed by atoms with van der Waals surface area (Å²) in [5.74, 6) is -0.331. The molecule has 6 heteroatoms. The van der Waals surface area contributed by atoms with Gasteiger partial charge in [-0.25, -0.2) is 0 Å². The zero-order valence-corrected chi connectivity index (χ0v) is 15.3. The standard InChI is InChI=1S/C19H23N3O2S/c1-21(2)16(17-9-6-10-25-17)12-20-19(24)14-11-18(23)22(13-14)15-7-4-3-5-8-15/h3-10,14,16H,11-13H2,1-2H3,(H,20,24). The van der Waals surface area contributed by atoms with E-state index in [0.717, 1.165) is 5.69 Å². The van der Waals surface area contributed by atoms with E-state index in [1.807, 2.05) is 55.9 Å². The SMILES string of the molecule is CN(C)C(CNC(=O)C1CC(=O)N(c2ccccc2)C1)c1cccs1. The minimum Gasteiger partial charge on any atom is -0.354 e. The minimum atomic E-state index is -0.293. The summed E-state index contributed by atoms with van der Waals surface area (Å²) in [5.41, 5.74) is 0.854. The van der Waals surface area contributed by atoms with Crippen molar-refractivity contribution in [2.24, 2.45) is 5.92 Å². The van der Waals surface area contributed by atoms with Gasteiger partial charge in [0.2, 0.25) is 11.8 Å². The van der Waals surface area contributed by atoms with Crippen molar-refractivity contribution in [2.45, 2.75) is 12.5 Å². The minimum absolute atomic E-state index is 0.00812. The largest absolute Gasteiger partial charge is 0.354 e. The van der Waals surface area contributed by atoms with Gasteiger partial charge >= 0.3 is 0 Å². The van der Waals surface area contributed by atoms with Crippen LogP contribution in [0.4, 0.5) is 5.69 Å². The smallest absolute Gasteiger partial charge is 0.227 e. The number of nitrogens with zero attached hydrogens (tertiary/aromatic N) is 2. The fourth-order valence-electron chi connectivity index (χ4n) is 3.10. The lowest BCUT2D eigenvalue weighted by Gasteiger charge is -2.24. The molecule has 2 unspecified atom stereocenters. The summed E-state index contributed by atoms with van der Waals surface area (Å²) < 4.78 is 0. The molecular formula is C19H23N3O2S. The lowest BCUT2D eigenvalue weighted by atomic mass is 10.1. The van der Waals surface area contributed by atoms with Crippen molar-refractivity contribution in [2.75, 3.05) is 32.1 Å². The molecule has 25 heavy (non-hydrogen) atoms. The molecule has 1 fully saturated rings. The topological polar surface area (TPSA) is 52.7 Å². The Morgan fingerprint density at radius 1 is 1.28 bits per heavy atom. The Balaban J connectivity index is 1.59.